The van der Waals surface area contributed by atoms with Crippen molar-refractivity contribution in [3.05, 3.63) is 52.2 Å². The van der Waals surface area contributed by atoms with Gasteiger partial charge in [0.1, 0.15) is 0 Å². The number of carbonyl (C=O) groups excluding carboxylic acids is 1. The zero-order valence-electron chi connectivity index (χ0n) is 14.1. The molecule has 0 saturated carbocycles. The summed E-state index contributed by atoms with van der Waals surface area (Å²) in [7, 11) is 1.39. The Kier molecular flexibility index (Phi) is 5.98. The highest BCUT2D eigenvalue weighted by molar-refractivity contribution is 7.10. The first-order chi connectivity index (χ1) is 12.3. The second-order valence-corrected chi connectivity index (χ2v) is 6.42. The number of ether oxygens (including phenoxy) is 2. The van der Waals surface area contributed by atoms with E-state index in [2.05, 4.69) is 9.89 Å². The minimum atomic E-state index is -0.354. The average Bonchev–Trinajstić information content (AvgIpc) is 3.18. The molecule has 3 rings (SSSR count). The van der Waals surface area contributed by atoms with Crippen molar-refractivity contribution in [2.75, 3.05) is 38.3 Å². The first kappa shape index (κ1) is 17.4. The zero-order chi connectivity index (χ0) is 17.5. The van der Waals surface area contributed by atoms with Crippen LogP contribution in [0.25, 0.3) is 6.08 Å². The second-order valence-electron chi connectivity index (χ2n) is 5.45. The van der Waals surface area contributed by atoms with Crippen LogP contribution in [0.1, 0.15) is 15.2 Å². The van der Waals surface area contributed by atoms with Gasteiger partial charge < -0.3 is 14.4 Å². The van der Waals surface area contributed by atoms with Crippen molar-refractivity contribution in [1.29, 1.82) is 0 Å². The number of hydrogen-bond acceptors (Lipinski definition) is 6. The van der Waals surface area contributed by atoms with E-state index in [0.717, 1.165) is 18.8 Å². The molecule has 1 aliphatic heterocycles. The topological polar surface area (TPSA) is 51.1 Å². The molecule has 0 unspecified atom stereocenters. The molecule has 1 aromatic carbocycles. The number of benzene rings is 1. The molecule has 130 valence electrons. The molecule has 0 amide bonds. The summed E-state index contributed by atoms with van der Waals surface area (Å²) in [5, 5.41) is 2.03. The van der Waals surface area contributed by atoms with Gasteiger partial charge in [-0.2, -0.15) is 0 Å². The van der Waals surface area contributed by atoms with Gasteiger partial charge in [0.25, 0.3) is 0 Å². The lowest BCUT2D eigenvalue weighted by atomic mass is 10.1. The predicted molar refractivity (Wildman–Crippen MR) is 102 cm³/mol. The maximum Gasteiger partial charge on any atom is 0.340 e. The Morgan fingerprint density at radius 2 is 2.16 bits per heavy atom. The average molecular weight is 356 g/mol. The maximum absolute atomic E-state index is 12.2. The number of aliphatic imine (C=N–C) groups is 1. The third-order valence-electron chi connectivity index (χ3n) is 3.85. The van der Waals surface area contributed by atoms with E-state index in [0.29, 0.717) is 24.5 Å². The first-order valence-electron chi connectivity index (χ1n) is 8.07. The highest BCUT2D eigenvalue weighted by Gasteiger charge is 2.19. The molecular formula is C19H20N2O3S. The van der Waals surface area contributed by atoms with E-state index < -0.39 is 0 Å². The number of carbonyl (C=O) groups is 1. The van der Waals surface area contributed by atoms with Crippen molar-refractivity contribution in [3.63, 3.8) is 0 Å². The molecule has 2 heterocycles. The third kappa shape index (κ3) is 4.55. The molecule has 5 nitrogen and oxygen atoms in total. The molecule has 0 radical (unpaired) electrons. The summed E-state index contributed by atoms with van der Waals surface area (Å²) in [6.45, 7) is 2.84. The highest BCUT2D eigenvalue weighted by Crippen LogP contribution is 2.27. The number of rotatable bonds is 5. The van der Waals surface area contributed by atoms with Gasteiger partial charge in [0, 0.05) is 24.2 Å². The van der Waals surface area contributed by atoms with Gasteiger partial charge in [-0.1, -0.05) is 6.07 Å². The number of methoxy groups -OCH3 is 1. The molecule has 6 heteroatoms. The molecular weight excluding hydrogens is 336 g/mol. The standard InChI is InChI=1S/C19H20N2O3S/c1-23-19(22)17-14-15(20-8-2-4-16-5-3-13-25-16)6-7-18(17)21-9-11-24-12-10-21/h2-8,13-14H,9-12H2,1H3/b4-2+,20-8?. The number of hydrogen-bond donors (Lipinski definition) is 0. The smallest absolute Gasteiger partial charge is 0.340 e. The fourth-order valence-electron chi connectivity index (χ4n) is 2.61. The van der Waals surface area contributed by atoms with Crippen LogP contribution in [-0.2, 0) is 9.47 Å². The Hall–Kier alpha value is -2.44. The molecule has 1 fully saturated rings. The van der Waals surface area contributed by atoms with Crippen LogP contribution in [0.5, 0.6) is 0 Å². The van der Waals surface area contributed by atoms with Gasteiger partial charge in [0.2, 0.25) is 0 Å². The van der Waals surface area contributed by atoms with Crippen LogP contribution in [-0.4, -0.2) is 45.6 Å². The number of allylic oxidation sites excluding steroid dienone is 1. The second kappa shape index (κ2) is 8.60. The summed E-state index contributed by atoms with van der Waals surface area (Å²) in [6.07, 6.45) is 5.61. The number of nitrogens with zero attached hydrogens (tertiary/aromatic N) is 2. The predicted octanol–water partition coefficient (Wildman–Crippen LogP) is 3.79. The lowest BCUT2D eigenvalue weighted by Crippen LogP contribution is -2.37. The molecule has 0 spiro atoms. The number of thiophene rings is 1. The fourth-order valence-corrected chi connectivity index (χ4v) is 3.24. The highest BCUT2D eigenvalue weighted by atomic mass is 32.1. The van der Waals surface area contributed by atoms with Gasteiger partial charge in [-0.3, -0.25) is 4.99 Å². The Morgan fingerprint density at radius 1 is 1.32 bits per heavy atom. The van der Waals surface area contributed by atoms with Crippen LogP contribution in [0.2, 0.25) is 0 Å². The minimum absolute atomic E-state index is 0.354. The van der Waals surface area contributed by atoms with Crippen molar-refractivity contribution in [3.8, 4) is 0 Å². The van der Waals surface area contributed by atoms with Crippen molar-refractivity contribution in [2.45, 2.75) is 0 Å². The third-order valence-corrected chi connectivity index (χ3v) is 4.69. The summed E-state index contributed by atoms with van der Waals surface area (Å²) in [5.74, 6) is -0.354. The maximum atomic E-state index is 12.2. The van der Waals surface area contributed by atoms with Gasteiger partial charge in [-0.25, -0.2) is 4.79 Å². The minimum Gasteiger partial charge on any atom is -0.465 e. The largest absolute Gasteiger partial charge is 0.465 e. The Labute approximate surface area is 151 Å². The van der Waals surface area contributed by atoms with E-state index in [-0.39, 0.29) is 5.97 Å². The number of morpholine rings is 1. The molecule has 1 aliphatic rings. The molecule has 0 aliphatic carbocycles. The van der Waals surface area contributed by atoms with E-state index in [9.17, 15) is 4.79 Å². The number of esters is 1. The fraction of sp³-hybridized carbons (Fsp3) is 0.263. The summed E-state index contributed by atoms with van der Waals surface area (Å²) in [5.41, 5.74) is 2.11. The molecule has 0 bridgehead atoms. The summed E-state index contributed by atoms with van der Waals surface area (Å²) in [6, 6.07) is 9.65. The monoisotopic (exact) mass is 356 g/mol. The summed E-state index contributed by atoms with van der Waals surface area (Å²) < 4.78 is 10.3. The van der Waals surface area contributed by atoms with Crippen LogP contribution >= 0.6 is 11.3 Å². The van der Waals surface area contributed by atoms with Crippen LogP contribution in [0.4, 0.5) is 11.4 Å². The van der Waals surface area contributed by atoms with E-state index >= 15 is 0 Å². The summed E-state index contributed by atoms with van der Waals surface area (Å²) >= 11 is 1.67. The van der Waals surface area contributed by atoms with Crippen LogP contribution in [0, 0.1) is 0 Å². The molecule has 1 saturated heterocycles. The Morgan fingerprint density at radius 3 is 2.88 bits per heavy atom. The van der Waals surface area contributed by atoms with Gasteiger partial charge in [-0.05, 0) is 41.8 Å². The Bertz CT molecular complexity index is 763. The van der Waals surface area contributed by atoms with Crippen molar-refractivity contribution in [2.24, 2.45) is 4.99 Å². The molecule has 25 heavy (non-hydrogen) atoms. The first-order valence-corrected chi connectivity index (χ1v) is 8.95. The van der Waals surface area contributed by atoms with E-state index in [1.54, 1.807) is 23.6 Å². The molecule has 0 N–H and O–H groups in total. The molecule has 0 atom stereocenters. The lowest BCUT2D eigenvalue weighted by molar-refractivity contribution is 0.0600. The van der Waals surface area contributed by atoms with E-state index in [1.165, 1.54) is 12.0 Å². The Balaban J connectivity index is 1.79. The SMILES string of the molecule is COC(=O)c1cc(N=C/C=C/c2cccs2)ccc1N1CCOCC1. The quantitative estimate of drug-likeness (QED) is 0.604. The van der Waals surface area contributed by atoms with Crippen LogP contribution < -0.4 is 4.90 Å². The normalized spacial score (nSPS) is 15.2. The van der Waals surface area contributed by atoms with Gasteiger partial charge in [0.05, 0.1) is 37.3 Å². The molecule has 2 aromatic rings. The van der Waals surface area contributed by atoms with E-state index in [1.807, 2.05) is 41.8 Å². The van der Waals surface area contributed by atoms with E-state index in [4.69, 9.17) is 9.47 Å². The van der Waals surface area contributed by atoms with Gasteiger partial charge in [0.15, 0.2) is 0 Å². The lowest BCUT2D eigenvalue weighted by Gasteiger charge is -2.30. The van der Waals surface area contributed by atoms with Crippen molar-refractivity contribution in [1.82, 2.24) is 0 Å². The van der Waals surface area contributed by atoms with Crippen molar-refractivity contribution < 1.29 is 14.3 Å². The van der Waals surface area contributed by atoms with Gasteiger partial charge in [-0.15, -0.1) is 11.3 Å². The zero-order valence-corrected chi connectivity index (χ0v) is 14.9. The van der Waals surface area contributed by atoms with Crippen molar-refractivity contribution >= 4 is 41.0 Å². The molecule has 1 aromatic heterocycles. The van der Waals surface area contributed by atoms with Gasteiger partial charge >= 0.3 is 5.97 Å². The summed E-state index contributed by atoms with van der Waals surface area (Å²) in [4.78, 5) is 19.9. The van der Waals surface area contributed by atoms with Crippen LogP contribution in [0.3, 0.4) is 0 Å². The number of anilines is 1. The van der Waals surface area contributed by atoms with Crippen LogP contribution in [0.15, 0.2) is 46.8 Å².